The van der Waals surface area contributed by atoms with Crippen LogP contribution in [0.5, 0.6) is 5.75 Å². The Morgan fingerprint density at radius 1 is 1.00 bits per heavy atom. The third-order valence-corrected chi connectivity index (χ3v) is 7.81. The predicted octanol–water partition coefficient (Wildman–Crippen LogP) is 5.03. The molecular weight excluding hydrogens is 520 g/mol. The second-order valence-electron chi connectivity index (χ2n) is 8.37. The zero-order valence-corrected chi connectivity index (χ0v) is 21.9. The Hall–Kier alpha value is -3.21. The Morgan fingerprint density at radius 2 is 1.72 bits per heavy atom. The molecule has 3 amide bonds. The number of ether oxygens (including phenoxy) is 1. The number of carbonyl (C=O) groups excluding carboxylic acids is 3. The molecule has 188 valence electrons. The summed E-state index contributed by atoms with van der Waals surface area (Å²) in [5.41, 5.74) is 5.95. The Bertz CT molecular complexity index is 1300. The van der Waals surface area contributed by atoms with Gasteiger partial charge < -0.3 is 10.1 Å². The highest BCUT2D eigenvalue weighted by Crippen LogP contribution is 2.37. The fourth-order valence-corrected chi connectivity index (χ4v) is 5.59. The summed E-state index contributed by atoms with van der Waals surface area (Å²) < 4.78 is 6.01. The molecule has 11 heteroatoms. The molecule has 1 aromatic heterocycles. The third kappa shape index (κ3) is 6.13. The van der Waals surface area contributed by atoms with E-state index in [2.05, 4.69) is 21.5 Å². The highest BCUT2D eigenvalue weighted by molar-refractivity contribution is 7.80. The second kappa shape index (κ2) is 11.7. The number of benzene rings is 2. The van der Waals surface area contributed by atoms with Gasteiger partial charge in [0.05, 0.1) is 12.1 Å². The van der Waals surface area contributed by atoms with E-state index in [1.54, 1.807) is 49.6 Å². The molecule has 1 fully saturated rings. The molecule has 36 heavy (non-hydrogen) atoms. The van der Waals surface area contributed by atoms with Crippen LogP contribution in [0.2, 0.25) is 5.02 Å². The number of hydrogen-bond donors (Lipinski definition) is 4. The summed E-state index contributed by atoms with van der Waals surface area (Å²) in [6, 6.07) is 11.9. The van der Waals surface area contributed by atoms with Crippen LogP contribution in [-0.4, -0.2) is 29.9 Å². The van der Waals surface area contributed by atoms with Crippen molar-refractivity contribution in [3.63, 3.8) is 0 Å². The number of thiophene rings is 1. The number of thiocarbonyl (C=S) groups is 1. The average molecular weight is 545 g/mol. The van der Waals surface area contributed by atoms with Crippen LogP contribution in [0.4, 0.5) is 5.69 Å². The summed E-state index contributed by atoms with van der Waals surface area (Å²) in [4.78, 5) is 37.8. The summed E-state index contributed by atoms with van der Waals surface area (Å²) >= 11 is 12.7. The molecule has 1 heterocycles. The maximum absolute atomic E-state index is 12.7. The number of hydrazine groups is 1. The number of carbonyl (C=O) groups is 3. The smallest absolute Gasteiger partial charge is 0.269 e. The first kappa shape index (κ1) is 25.9. The van der Waals surface area contributed by atoms with Crippen LogP contribution in [0.1, 0.15) is 52.1 Å². The van der Waals surface area contributed by atoms with E-state index in [-0.39, 0.29) is 16.9 Å². The van der Waals surface area contributed by atoms with Gasteiger partial charge in [0.1, 0.15) is 10.6 Å². The van der Waals surface area contributed by atoms with Crippen molar-refractivity contribution in [1.29, 1.82) is 0 Å². The molecule has 4 rings (SSSR count). The van der Waals surface area contributed by atoms with Crippen molar-refractivity contribution in [2.75, 3.05) is 12.4 Å². The van der Waals surface area contributed by atoms with E-state index < -0.39 is 11.8 Å². The van der Waals surface area contributed by atoms with Crippen molar-refractivity contribution >= 4 is 73.8 Å². The SMILES string of the molecule is COc1ccc2c(Cl)c(C(=O)NC(=S)NNC(=O)c3ccc(NC(=O)C4CCCCC4)cc3)sc2c1. The van der Waals surface area contributed by atoms with E-state index in [1.165, 1.54) is 17.8 Å². The quantitative estimate of drug-likeness (QED) is 0.265. The monoisotopic (exact) mass is 544 g/mol. The zero-order valence-electron chi connectivity index (χ0n) is 19.5. The molecule has 0 unspecified atom stereocenters. The van der Waals surface area contributed by atoms with Gasteiger partial charge in [0.25, 0.3) is 11.8 Å². The van der Waals surface area contributed by atoms with Gasteiger partial charge in [0, 0.05) is 27.3 Å². The van der Waals surface area contributed by atoms with Crippen molar-refractivity contribution in [3.8, 4) is 5.75 Å². The molecule has 0 radical (unpaired) electrons. The molecule has 2 aromatic carbocycles. The van der Waals surface area contributed by atoms with Gasteiger partial charge in [-0.3, -0.25) is 30.6 Å². The van der Waals surface area contributed by atoms with E-state index in [1.807, 2.05) is 0 Å². The van der Waals surface area contributed by atoms with E-state index in [0.29, 0.717) is 26.9 Å². The molecule has 0 atom stereocenters. The number of nitrogens with one attached hydrogen (secondary N) is 4. The summed E-state index contributed by atoms with van der Waals surface area (Å²) in [7, 11) is 1.56. The minimum Gasteiger partial charge on any atom is -0.497 e. The number of anilines is 1. The lowest BCUT2D eigenvalue weighted by molar-refractivity contribution is -0.120. The fraction of sp³-hybridized carbons (Fsp3) is 0.280. The van der Waals surface area contributed by atoms with E-state index in [9.17, 15) is 14.4 Å². The normalized spacial score (nSPS) is 13.6. The first-order valence-electron chi connectivity index (χ1n) is 11.4. The van der Waals surface area contributed by atoms with Gasteiger partial charge in [-0.15, -0.1) is 11.3 Å². The topological polar surface area (TPSA) is 109 Å². The molecule has 8 nitrogen and oxygen atoms in total. The van der Waals surface area contributed by atoms with Gasteiger partial charge in [0.15, 0.2) is 5.11 Å². The van der Waals surface area contributed by atoms with Gasteiger partial charge >= 0.3 is 0 Å². The van der Waals surface area contributed by atoms with E-state index in [0.717, 1.165) is 35.8 Å². The van der Waals surface area contributed by atoms with Crippen LogP contribution in [0.25, 0.3) is 10.1 Å². The molecule has 0 aliphatic heterocycles. The van der Waals surface area contributed by atoms with Crippen LogP contribution in [-0.2, 0) is 4.79 Å². The van der Waals surface area contributed by atoms with Gasteiger partial charge in [-0.1, -0.05) is 30.9 Å². The molecular formula is C25H25ClN4O4S2. The van der Waals surface area contributed by atoms with Crippen LogP contribution < -0.4 is 26.2 Å². The van der Waals surface area contributed by atoms with E-state index in [4.69, 9.17) is 28.6 Å². The predicted molar refractivity (Wildman–Crippen MR) is 146 cm³/mol. The molecule has 1 aliphatic rings. The number of rotatable bonds is 5. The summed E-state index contributed by atoms with van der Waals surface area (Å²) in [5, 5.41) is 6.39. The van der Waals surface area contributed by atoms with Crippen molar-refractivity contribution in [2.24, 2.45) is 5.92 Å². The number of halogens is 1. The van der Waals surface area contributed by atoms with Crippen molar-refractivity contribution < 1.29 is 19.1 Å². The zero-order chi connectivity index (χ0) is 25.7. The maximum Gasteiger partial charge on any atom is 0.269 e. The second-order valence-corrected chi connectivity index (χ2v) is 10.2. The van der Waals surface area contributed by atoms with Gasteiger partial charge in [-0.25, -0.2) is 0 Å². The fourth-order valence-electron chi connectivity index (χ4n) is 4.01. The number of fused-ring (bicyclic) bond motifs is 1. The molecule has 1 saturated carbocycles. The standard InChI is InChI=1S/C25H25ClN4O4S2/c1-34-17-11-12-18-19(13-17)36-21(20(18)26)24(33)28-25(35)30-29-23(32)15-7-9-16(10-8-15)27-22(31)14-5-3-2-4-6-14/h7-14H,2-6H2,1H3,(H,27,31)(H,29,32)(H2,28,30,33,35). The number of amides is 3. The van der Waals surface area contributed by atoms with E-state index >= 15 is 0 Å². The largest absolute Gasteiger partial charge is 0.497 e. The summed E-state index contributed by atoms with van der Waals surface area (Å²) in [6.07, 6.45) is 5.18. The highest BCUT2D eigenvalue weighted by atomic mass is 35.5. The summed E-state index contributed by atoms with van der Waals surface area (Å²) in [6.45, 7) is 0. The Kier molecular flexibility index (Phi) is 8.40. The van der Waals surface area contributed by atoms with Crippen molar-refractivity contribution in [1.82, 2.24) is 16.2 Å². The molecule has 3 aromatic rings. The first-order chi connectivity index (χ1) is 17.4. The van der Waals surface area contributed by atoms with Crippen molar-refractivity contribution in [2.45, 2.75) is 32.1 Å². The molecule has 4 N–H and O–H groups in total. The van der Waals surface area contributed by atoms with Crippen LogP contribution >= 0.6 is 35.2 Å². The Balaban J connectivity index is 1.28. The van der Waals surface area contributed by atoms with Crippen LogP contribution in [0, 0.1) is 5.92 Å². The van der Waals surface area contributed by atoms with Gasteiger partial charge in [0.2, 0.25) is 5.91 Å². The van der Waals surface area contributed by atoms with Crippen LogP contribution in [0.3, 0.4) is 0 Å². The lowest BCUT2D eigenvalue weighted by atomic mass is 9.88. The molecule has 0 spiro atoms. The van der Waals surface area contributed by atoms with Gasteiger partial charge in [-0.2, -0.15) is 0 Å². The highest BCUT2D eigenvalue weighted by Gasteiger charge is 2.21. The summed E-state index contributed by atoms with van der Waals surface area (Å²) in [5.74, 6) is -0.222. The first-order valence-corrected chi connectivity index (χ1v) is 13.0. The Labute approximate surface area is 222 Å². The van der Waals surface area contributed by atoms with Gasteiger partial charge in [-0.05, 0) is 67.5 Å². The minimum atomic E-state index is -0.495. The molecule has 1 aliphatic carbocycles. The lowest BCUT2D eigenvalue weighted by Gasteiger charge is -2.20. The molecule has 0 saturated heterocycles. The van der Waals surface area contributed by atoms with Crippen LogP contribution in [0.15, 0.2) is 42.5 Å². The van der Waals surface area contributed by atoms with Crippen molar-refractivity contribution in [3.05, 3.63) is 57.9 Å². The average Bonchev–Trinajstić information content (AvgIpc) is 3.23. The maximum atomic E-state index is 12.7. The Morgan fingerprint density at radius 3 is 2.42 bits per heavy atom. The molecule has 0 bridgehead atoms. The lowest BCUT2D eigenvalue weighted by Crippen LogP contribution is -2.48. The number of methoxy groups -OCH3 is 1. The number of hydrogen-bond acceptors (Lipinski definition) is 6. The third-order valence-electron chi connectivity index (χ3n) is 5.95. The minimum absolute atomic E-state index is 0.0209.